The van der Waals surface area contributed by atoms with Crippen LogP contribution in [0.1, 0.15) is 56.2 Å². The molecule has 0 bridgehead atoms. The molecule has 1 unspecified atom stereocenters. The fourth-order valence-electron chi connectivity index (χ4n) is 4.64. The predicted octanol–water partition coefficient (Wildman–Crippen LogP) is 5.29. The van der Waals surface area contributed by atoms with Crippen molar-refractivity contribution in [3.8, 4) is 5.75 Å². The first-order chi connectivity index (χ1) is 13.8. The molecule has 0 spiro atoms. The van der Waals surface area contributed by atoms with Gasteiger partial charge >= 0.3 is 0 Å². The standard InChI is InChI=1S/C23H24F2N2O2/c1-23(2)8-6-13(19-10-20(28)16-12-26-9-7-18(16)27-19)15(11-23)14-4-5-17(24)21(25)22(14)29-3/h4-5,7,9-10,12-13,15H,6,8,11H2,1-3H3,(H,27,28)/t13?,15-/m1/s1. The maximum absolute atomic E-state index is 14.4. The fourth-order valence-corrected chi connectivity index (χ4v) is 4.64. The second kappa shape index (κ2) is 7.25. The average Bonchev–Trinajstić information content (AvgIpc) is 2.69. The van der Waals surface area contributed by atoms with E-state index < -0.39 is 11.6 Å². The second-order valence-corrected chi connectivity index (χ2v) is 8.61. The zero-order chi connectivity index (χ0) is 20.8. The number of nitrogens with zero attached hydrogens (tertiary/aromatic N) is 1. The van der Waals surface area contributed by atoms with Crippen LogP contribution in [-0.2, 0) is 0 Å². The van der Waals surface area contributed by atoms with Crippen molar-refractivity contribution in [1.29, 1.82) is 0 Å². The lowest BCUT2D eigenvalue weighted by Crippen LogP contribution is -2.29. The molecule has 1 aliphatic rings. The van der Waals surface area contributed by atoms with Gasteiger partial charge in [0.1, 0.15) is 0 Å². The van der Waals surface area contributed by atoms with Crippen LogP contribution in [0, 0.1) is 17.0 Å². The van der Waals surface area contributed by atoms with Crippen LogP contribution in [0.4, 0.5) is 8.78 Å². The van der Waals surface area contributed by atoms with Crippen LogP contribution >= 0.6 is 0 Å². The number of aromatic amines is 1. The average molecular weight is 398 g/mol. The molecular formula is C23H24F2N2O2. The highest BCUT2D eigenvalue weighted by Crippen LogP contribution is 2.52. The van der Waals surface area contributed by atoms with Gasteiger partial charge in [-0.05, 0) is 42.7 Å². The normalized spacial score (nSPS) is 21.3. The molecule has 1 fully saturated rings. The molecule has 6 heteroatoms. The van der Waals surface area contributed by atoms with Crippen molar-refractivity contribution in [2.24, 2.45) is 5.41 Å². The number of H-pyrrole nitrogens is 1. The molecule has 2 aromatic heterocycles. The van der Waals surface area contributed by atoms with Crippen LogP contribution in [0.2, 0.25) is 0 Å². The van der Waals surface area contributed by atoms with Gasteiger partial charge in [0, 0.05) is 35.6 Å². The molecule has 3 aromatic rings. The number of rotatable bonds is 3. The summed E-state index contributed by atoms with van der Waals surface area (Å²) in [5.41, 5.74) is 2.12. The molecule has 4 rings (SSSR count). The first-order valence-corrected chi connectivity index (χ1v) is 9.79. The van der Waals surface area contributed by atoms with Crippen LogP contribution in [0.3, 0.4) is 0 Å². The lowest BCUT2D eigenvalue weighted by molar-refractivity contribution is 0.192. The van der Waals surface area contributed by atoms with E-state index >= 15 is 0 Å². The van der Waals surface area contributed by atoms with Crippen molar-refractivity contribution in [3.05, 3.63) is 69.8 Å². The minimum absolute atomic E-state index is 0.0351. The summed E-state index contributed by atoms with van der Waals surface area (Å²) in [6.45, 7) is 4.36. The summed E-state index contributed by atoms with van der Waals surface area (Å²) >= 11 is 0. The molecule has 1 N–H and O–H groups in total. The van der Waals surface area contributed by atoms with Crippen molar-refractivity contribution in [2.45, 2.75) is 44.9 Å². The third kappa shape index (κ3) is 3.52. The first kappa shape index (κ1) is 19.6. The monoisotopic (exact) mass is 398 g/mol. The quantitative estimate of drug-likeness (QED) is 0.652. The van der Waals surface area contributed by atoms with Crippen molar-refractivity contribution in [1.82, 2.24) is 9.97 Å². The van der Waals surface area contributed by atoms with E-state index in [4.69, 9.17) is 4.74 Å². The molecule has 0 amide bonds. The minimum Gasteiger partial charge on any atom is -0.493 e. The van der Waals surface area contributed by atoms with Crippen molar-refractivity contribution in [2.75, 3.05) is 7.11 Å². The third-order valence-corrected chi connectivity index (χ3v) is 6.13. The minimum atomic E-state index is -0.967. The Kier molecular flexibility index (Phi) is 4.89. The van der Waals surface area contributed by atoms with E-state index in [1.165, 1.54) is 7.11 Å². The van der Waals surface area contributed by atoms with E-state index in [0.717, 1.165) is 36.5 Å². The lowest BCUT2D eigenvalue weighted by Gasteiger charge is -2.41. The van der Waals surface area contributed by atoms with Crippen molar-refractivity contribution >= 4 is 10.9 Å². The maximum Gasteiger partial charge on any atom is 0.200 e. The van der Waals surface area contributed by atoms with E-state index in [-0.39, 0.29) is 28.4 Å². The topological polar surface area (TPSA) is 55.0 Å². The highest BCUT2D eigenvalue weighted by molar-refractivity contribution is 5.77. The number of benzene rings is 1. The number of hydrogen-bond acceptors (Lipinski definition) is 3. The highest BCUT2D eigenvalue weighted by atomic mass is 19.2. The molecule has 1 aliphatic carbocycles. The Morgan fingerprint density at radius 3 is 2.76 bits per heavy atom. The summed E-state index contributed by atoms with van der Waals surface area (Å²) in [4.78, 5) is 20.0. The Bertz CT molecular complexity index is 1120. The SMILES string of the molecule is COc1c([C@@H]2CC(C)(C)CCC2c2cc(=O)c3cnccc3[nH]2)ccc(F)c1F. The van der Waals surface area contributed by atoms with Crippen LogP contribution in [-0.4, -0.2) is 17.1 Å². The molecule has 1 aromatic carbocycles. The van der Waals surface area contributed by atoms with Crippen LogP contribution < -0.4 is 10.2 Å². The van der Waals surface area contributed by atoms with Gasteiger partial charge in [0.25, 0.3) is 0 Å². The van der Waals surface area contributed by atoms with Gasteiger partial charge < -0.3 is 9.72 Å². The molecule has 29 heavy (non-hydrogen) atoms. The summed E-state index contributed by atoms with van der Waals surface area (Å²) in [6, 6.07) is 6.16. The number of fused-ring (bicyclic) bond motifs is 1. The smallest absolute Gasteiger partial charge is 0.200 e. The Morgan fingerprint density at radius 2 is 2.00 bits per heavy atom. The summed E-state index contributed by atoms with van der Waals surface area (Å²) in [5.74, 6) is -2.09. The van der Waals surface area contributed by atoms with E-state index in [9.17, 15) is 13.6 Å². The van der Waals surface area contributed by atoms with Gasteiger partial charge in [-0.3, -0.25) is 9.78 Å². The van der Waals surface area contributed by atoms with Crippen molar-refractivity contribution in [3.63, 3.8) is 0 Å². The molecule has 2 heterocycles. The van der Waals surface area contributed by atoms with E-state index in [1.807, 2.05) is 0 Å². The molecule has 0 saturated heterocycles. The Balaban J connectivity index is 1.87. The Labute approximate surface area is 167 Å². The number of methoxy groups -OCH3 is 1. The van der Waals surface area contributed by atoms with Gasteiger partial charge in [-0.1, -0.05) is 19.9 Å². The van der Waals surface area contributed by atoms with Crippen LogP contribution in [0.5, 0.6) is 5.75 Å². The van der Waals surface area contributed by atoms with E-state index in [0.29, 0.717) is 10.9 Å². The van der Waals surface area contributed by atoms with Gasteiger partial charge in [-0.25, -0.2) is 4.39 Å². The van der Waals surface area contributed by atoms with Crippen molar-refractivity contribution < 1.29 is 13.5 Å². The zero-order valence-electron chi connectivity index (χ0n) is 16.8. The third-order valence-electron chi connectivity index (χ3n) is 6.13. The van der Waals surface area contributed by atoms with Crippen LogP contribution in [0.25, 0.3) is 10.9 Å². The highest BCUT2D eigenvalue weighted by Gasteiger charge is 2.39. The van der Waals surface area contributed by atoms with Crippen LogP contribution in [0.15, 0.2) is 41.5 Å². The molecule has 2 atom stereocenters. The number of halogens is 2. The van der Waals surface area contributed by atoms with Gasteiger partial charge in [-0.15, -0.1) is 0 Å². The molecule has 4 nitrogen and oxygen atoms in total. The summed E-state index contributed by atoms with van der Waals surface area (Å²) < 4.78 is 33.5. The predicted molar refractivity (Wildman–Crippen MR) is 108 cm³/mol. The number of aromatic nitrogens is 2. The van der Waals surface area contributed by atoms with Gasteiger partial charge in [-0.2, -0.15) is 4.39 Å². The fraction of sp³-hybridized carbons (Fsp3) is 0.391. The molecule has 152 valence electrons. The Morgan fingerprint density at radius 1 is 1.21 bits per heavy atom. The second-order valence-electron chi connectivity index (χ2n) is 8.61. The molecule has 0 aliphatic heterocycles. The summed E-state index contributed by atoms with van der Waals surface area (Å²) in [5, 5.41) is 0.536. The zero-order valence-corrected chi connectivity index (χ0v) is 16.8. The molecule has 0 radical (unpaired) electrons. The van der Waals surface area contributed by atoms with Gasteiger partial charge in [0.05, 0.1) is 18.0 Å². The number of nitrogens with one attached hydrogen (secondary N) is 1. The Hall–Kier alpha value is -2.76. The number of hydrogen-bond donors (Lipinski definition) is 1. The van der Waals surface area contributed by atoms with Gasteiger partial charge in [0.2, 0.25) is 5.82 Å². The molecular weight excluding hydrogens is 374 g/mol. The largest absolute Gasteiger partial charge is 0.493 e. The van der Waals surface area contributed by atoms with E-state index in [2.05, 4.69) is 23.8 Å². The summed E-state index contributed by atoms with van der Waals surface area (Å²) in [7, 11) is 1.36. The number of ether oxygens (including phenoxy) is 1. The lowest BCUT2D eigenvalue weighted by atomic mass is 9.64. The maximum atomic E-state index is 14.4. The molecule has 1 saturated carbocycles. The first-order valence-electron chi connectivity index (χ1n) is 9.79. The van der Waals surface area contributed by atoms with Gasteiger partial charge in [0.15, 0.2) is 17.0 Å². The van der Waals surface area contributed by atoms with E-state index in [1.54, 1.807) is 30.6 Å². The summed E-state index contributed by atoms with van der Waals surface area (Å²) in [6.07, 6.45) is 5.76. The number of pyridine rings is 2.